The molecule has 0 aliphatic rings. The lowest BCUT2D eigenvalue weighted by molar-refractivity contribution is -0.137. The van der Waals surface area contributed by atoms with E-state index in [1.165, 1.54) is 11.1 Å². The van der Waals surface area contributed by atoms with E-state index in [1.807, 2.05) is 30.3 Å². The minimum absolute atomic E-state index is 0.104. The molecule has 0 aromatic heterocycles. The van der Waals surface area contributed by atoms with Crippen LogP contribution in [-0.4, -0.2) is 11.1 Å². The third-order valence-electron chi connectivity index (χ3n) is 3.33. The first-order valence-corrected chi connectivity index (χ1v) is 6.75. The standard InChI is InChI=1S/C17H19NO2/c18-16(10-11-17(19)20)15-8-6-14(7-9-15)12-13-4-2-1-3-5-13/h1-9,16H,10-12,18H2,(H,19,20). The molecule has 1 unspecified atom stereocenters. The van der Waals surface area contributed by atoms with Crippen LogP contribution >= 0.6 is 0 Å². The van der Waals surface area contributed by atoms with E-state index in [4.69, 9.17) is 10.8 Å². The Morgan fingerprint density at radius 3 is 2.20 bits per heavy atom. The molecule has 3 N–H and O–H groups in total. The zero-order valence-electron chi connectivity index (χ0n) is 11.3. The molecule has 0 radical (unpaired) electrons. The Morgan fingerprint density at radius 1 is 1.00 bits per heavy atom. The fourth-order valence-electron chi connectivity index (χ4n) is 2.16. The minimum Gasteiger partial charge on any atom is -0.481 e. The molecule has 0 aliphatic carbocycles. The van der Waals surface area contributed by atoms with Gasteiger partial charge in [0, 0.05) is 12.5 Å². The maximum Gasteiger partial charge on any atom is 0.303 e. The Morgan fingerprint density at radius 2 is 1.60 bits per heavy atom. The summed E-state index contributed by atoms with van der Waals surface area (Å²) < 4.78 is 0. The van der Waals surface area contributed by atoms with E-state index in [-0.39, 0.29) is 12.5 Å². The highest BCUT2D eigenvalue weighted by atomic mass is 16.4. The Hall–Kier alpha value is -2.13. The molecule has 2 aromatic rings. The van der Waals surface area contributed by atoms with Crippen molar-refractivity contribution in [3.8, 4) is 0 Å². The van der Waals surface area contributed by atoms with Crippen molar-refractivity contribution < 1.29 is 9.90 Å². The molecule has 0 spiro atoms. The van der Waals surface area contributed by atoms with Crippen molar-refractivity contribution in [1.29, 1.82) is 0 Å². The van der Waals surface area contributed by atoms with Crippen molar-refractivity contribution in [3.05, 3.63) is 71.3 Å². The second-order valence-electron chi connectivity index (χ2n) is 4.94. The van der Waals surface area contributed by atoms with Crippen molar-refractivity contribution in [1.82, 2.24) is 0 Å². The van der Waals surface area contributed by atoms with Gasteiger partial charge in [-0.1, -0.05) is 54.6 Å². The third kappa shape index (κ3) is 4.21. The van der Waals surface area contributed by atoms with Crippen molar-refractivity contribution in [2.24, 2.45) is 5.73 Å². The Kier molecular flexibility index (Phi) is 4.91. The highest BCUT2D eigenvalue weighted by Gasteiger charge is 2.08. The number of carboxylic acids is 1. The Labute approximate surface area is 119 Å². The second-order valence-corrected chi connectivity index (χ2v) is 4.94. The lowest BCUT2D eigenvalue weighted by Crippen LogP contribution is -2.12. The maximum absolute atomic E-state index is 10.5. The molecule has 0 aliphatic heterocycles. The molecule has 0 fully saturated rings. The first-order chi connectivity index (χ1) is 9.65. The van der Waals surface area contributed by atoms with E-state index >= 15 is 0 Å². The van der Waals surface area contributed by atoms with Gasteiger partial charge in [-0.25, -0.2) is 0 Å². The van der Waals surface area contributed by atoms with Gasteiger partial charge in [-0.15, -0.1) is 0 Å². The Balaban J connectivity index is 1.97. The average Bonchev–Trinajstić information content (AvgIpc) is 2.46. The van der Waals surface area contributed by atoms with E-state index in [0.717, 1.165) is 12.0 Å². The summed E-state index contributed by atoms with van der Waals surface area (Å²) >= 11 is 0. The summed E-state index contributed by atoms with van der Waals surface area (Å²) in [6.45, 7) is 0. The minimum atomic E-state index is -0.804. The molecule has 104 valence electrons. The van der Waals surface area contributed by atoms with Gasteiger partial charge in [0.05, 0.1) is 0 Å². The molecule has 3 heteroatoms. The fourth-order valence-corrected chi connectivity index (χ4v) is 2.16. The lowest BCUT2D eigenvalue weighted by atomic mass is 9.99. The van der Waals surface area contributed by atoms with E-state index in [0.29, 0.717) is 6.42 Å². The average molecular weight is 269 g/mol. The van der Waals surface area contributed by atoms with Gasteiger partial charge in [-0.3, -0.25) is 4.79 Å². The predicted octanol–water partition coefficient (Wildman–Crippen LogP) is 3.14. The van der Waals surface area contributed by atoms with Crippen LogP contribution in [0, 0.1) is 0 Å². The van der Waals surface area contributed by atoms with Crippen LogP contribution in [0.2, 0.25) is 0 Å². The van der Waals surface area contributed by atoms with Crippen molar-refractivity contribution >= 4 is 5.97 Å². The van der Waals surface area contributed by atoms with Gasteiger partial charge in [0.2, 0.25) is 0 Å². The molecule has 0 bridgehead atoms. The van der Waals surface area contributed by atoms with Crippen LogP contribution in [-0.2, 0) is 11.2 Å². The van der Waals surface area contributed by atoms with E-state index in [2.05, 4.69) is 24.3 Å². The van der Waals surface area contributed by atoms with Gasteiger partial charge in [-0.05, 0) is 29.5 Å². The topological polar surface area (TPSA) is 63.3 Å². The van der Waals surface area contributed by atoms with Crippen molar-refractivity contribution in [2.45, 2.75) is 25.3 Å². The summed E-state index contributed by atoms with van der Waals surface area (Å²) in [6, 6.07) is 18.2. The number of carbonyl (C=O) groups is 1. The number of benzene rings is 2. The summed E-state index contributed by atoms with van der Waals surface area (Å²) in [4.78, 5) is 10.5. The van der Waals surface area contributed by atoms with Crippen molar-refractivity contribution in [2.75, 3.05) is 0 Å². The van der Waals surface area contributed by atoms with Gasteiger partial charge in [0.15, 0.2) is 0 Å². The van der Waals surface area contributed by atoms with Crippen molar-refractivity contribution in [3.63, 3.8) is 0 Å². The number of carboxylic acid groups (broad SMARTS) is 1. The van der Waals surface area contributed by atoms with Gasteiger partial charge in [-0.2, -0.15) is 0 Å². The molecule has 0 amide bonds. The van der Waals surface area contributed by atoms with Crippen LogP contribution in [0.3, 0.4) is 0 Å². The Bertz CT molecular complexity index is 549. The quantitative estimate of drug-likeness (QED) is 0.846. The summed E-state index contributed by atoms with van der Waals surface area (Å²) in [5, 5.41) is 8.66. The van der Waals surface area contributed by atoms with E-state index < -0.39 is 5.97 Å². The summed E-state index contributed by atoms with van der Waals surface area (Å²) in [6.07, 6.45) is 1.46. The second kappa shape index (κ2) is 6.87. The number of aliphatic carboxylic acids is 1. The molecule has 2 rings (SSSR count). The van der Waals surface area contributed by atoms with Gasteiger partial charge >= 0.3 is 5.97 Å². The highest BCUT2D eigenvalue weighted by Crippen LogP contribution is 2.18. The molecule has 0 saturated heterocycles. The lowest BCUT2D eigenvalue weighted by Gasteiger charge is -2.11. The maximum atomic E-state index is 10.5. The summed E-state index contributed by atoms with van der Waals surface area (Å²) in [5.74, 6) is -0.804. The molecule has 2 aromatic carbocycles. The largest absolute Gasteiger partial charge is 0.481 e. The first kappa shape index (κ1) is 14.3. The van der Waals surface area contributed by atoms with Crippen LogP contribution in [0.5, 0.6) is 0 Å². The molecule has 1 atom stereocenters. The number of rotatable bonds is 6. The third-order valence-corrected chi connectivity index (χ3v) is 3.33. The molecule has 0 heterocycles. The normalized spacial score (nSPS) is 12.1. The zero-order valence-corrected chi connectivity index (χ0v) is 11.3. The summed E-state index contributed by atoms with van der Waals surface area (Å²) in [7, 11) is 0. The molecule has 20 heavy (non-hydrogen) atoms. The smallest absolute Gasteiger partial charge is 0.303 e. The van der Waals surface area contributed by atoms with Crippen LogP contribution in [0.15, 0.2) is 54.6 Å². The number of hydrogen-bond donors (Lipinski definition) is 2. The van der Waals surface area contributed by atoms with Gasteiger partial charge in [0.1, 0.15) is 0 Å². The highest BCUT2D eigenvalue weighted by molar-refractivity contribution is 5.66. The van der Waals surface area contributed by atoms with E-state index in [1.54, 1.807) is 0 Å². The molecule has 0 saturated carbocycles. The summed E-state index contributed by atoms with van der Waals surface area (Å²) in [5.41, 5.74) is 9.47. The van der Waals surface area contributed by atoms with Crippen LogP contribution in [0.4, 0.5) is 0 Å². The van der Waals surface area contributed by atoms with Crippen LogP contribution in [0.25, 0.3) is 0 Å². The van der Waals surface area contributed by atoms with E-state index in [9.17, 15) is 4.79 Å². The fraction of sp³-hybridized carbons (Fsp3) is 0.235. The van der Waals surface area contributed by atoms with Crippen LogP contribution in [0.1, 0.15) is 35.6 Å². The first-order valence-electron chi connectivity index (χ1n) is 6.75. The monoisotopic (exact) mass is 269 g/mol. The SMILES string of the molecule is NC(CCC(=O)O)c1ccc(Cc2ccccc2)cc1. The molecule has 3 nitrogen and oxygen atoms in total. The van der Waals surface area contributed by atoms with Gasteiger partial charge < -0.3 is 10.8 Å². The number of hydrogen-bond acceptors (Lipinski definition) is 2. The van der Waals surface area contributed by atoms with Gasteiger partial charge in [0.25, 0.3) is 0 Å². The number of nitrogens with two attached hydrogens (primary N) is 1. The predicted molar refractivity (Wildman–Crippen MR) is 79.5 cm³/mol. The molecular formula is C17H19NO2. The molecular weight excluding hydrogens is 250 g/mol. The van der Waals surface area contributed by atoms with Crippen LogP contribution < -0.4 is 5.73 Å². The zero-order chi connectivity index (χ0) is 14.4.